The number of hydrogen-bond acceptors (Lipinski definition) is 4. The van der Waals surface area contributed by atoms with Crippen molar-refractivity contribution in [2.75, 3.05) is 13.1 Å². The van der Waals surface area contributed by atoms with Crippen molar-refractivity contribution in [3.63, 3.8) is 0 Å². The molecule has 24 heavy (non-hydrogen) atoms. The van der Waals surface area contributed by atoms with Crippen LogP contribution in [0, 0.1) is 0 Å². The van der Waals surface area contributed by atoms with Gasteiger partial charge in [-0.05, 0) is 38.0 Å². The van der Waals surface area contributed by atoms with Crippen molar-refractivity contribution in [1.82, 2.24) is 4.90 Å². The summed E-state index contributed by atoms with van der Waals surface area (Å²) >= 11 is 11.9. The number of alkyl halides is 2. The Morgan fingerprint density at radius 3 is 2.08 bits per heavy atom. The average Bonchev–Trinajstić information content (AvgIpc) is 2.47. The van der Waals surface area contributed by atoms with Gasteiger partial charge in [0.2, 0.25) is 0 Å². The van der Waals surface area contributed by atoms with Gasteiger partial charge in [0.05, 0.1) is 0 Å². The zero-order chi connectivity index (χ0) is 18.3. The number of rotatable bonds is 8. The number of carbonyl (C=O) groups is 2. The highest BCUT2D eigenvalue weighted by Gasteiger charge is 2.20. The van der Waals surface area contributed by atoms with Crippen LogP contribution >= 0.6 is 23.2 Å². The maximum Gasteiger partial charge on any atom is 0.415 e. The highest BCUT2D eigenvalue weighted by molar-refractivity contribution is 6.21. The molecule has 1 aromatic carbocycles. The molecule has 0 aliphatic heterocycles. The molecular formula is C16H22Cl2N2O4. The van der Waals surface area contributed by atoms with Gasteiger partial charge in [-0.15, -0.1) is 23.2 Å². The summed E-state index contributed by atoms with van der Waals surface area (Å²) in [6.07, 6.45) is -0.339. The average molecular weight is 377 g/mol. The maximum atomic E-state index is 12.2. The van der Waals surface area contributed by atoms with Crippen molar-refractivity contribution in [3.05, 3.63) is 29.8 Å². The number of benzene rings is 1. The molecule has 0 aromatic heterocycles. The van der Waals surface area contributed by atoms with Gasteiger partial charge in [-0.3, -0.25) is 4.79 Å². The smallest absolute Gasteiger partial charge is 0.415 e. The van der Waals surface area contributed by atoms with Crippen LogP contribution in [0.1, 0.15) is 19.4 Å². The lowest BCUT2D eigenvalue weighted by Gasteiger charge is -2.24. The molecule has 0 aliphatic carbocycles. The minimum atomic E-state index is -1.06. The van der Waals surface area contributed by atoms with Gasteiger partial charge in [0.25, 0.3) is 0 Å². The van der Waals surface area contributed by atoms with E-state index in [2.05, 4.69) is 0 Å². The SMILES string of the molecule is C[C@H](Cl)CN(C[C@H](C)Cl)C(=O)Oc1ccc(C[C@H](N)C(=O)O)cc1. The topological polar surface area (TPSA) is 92.9 Å². The first-order valence-corrected chi connectivity index (χ1v) is 8.38. The van der Waals surface area contributed by atoms with E-state index in [1.54, 1.807) is 38.1 Å². The van der Waals surface area contributed by atoms with E-state index in [-0.39, 0.29) is 17.2 Å². The normalized spacial score (nSPS) is 14.5. The van der Waals surface area contributed by atoms with Crippen molar-refractivity contribution in [2.24, 2.45) is 5.73 Å². The summed E-state index contributed by atoms with van der Waals surface area (Å²) in [5.74, 6) is -0.714. The van der Waals surface area contributed by atoms with Crippen LogP contribution in [0.15, 0.2) is 24.3 Å². The van der Waals surface area contributed by atoms with Crippen molar-refractivity contribution >= 4 is 35.3 Å². The van der Waals surface area contributed by atoms with E-state index in [9.17, 15) is 9.59 Å². The number of amides is 1. The maximum absolute atomic E-state index is 12.2. The number of nitrogens with two attached hydrogens (primary N) is 1. The van der Waals surface area contributed by atoms with Crippen LogP contribution in [0.3, 0.4) is 0 Å². The monoisotopic (exact) mass is 376 g/mol. The molecule has 0 radical (unpaired) electrons. The second-order valence-corrected chi connectivity index (χ2v) is 7.12. The Morgan fingerprint density at radius 2 is 1.67 bits per heavy atom. The summed E-state index contributed by atoms with van der Waals surface area (Å²) in [6, 6.07) is 5.56. The number of ether oxygens (including phenoxy) is 1. The minimum absolute atomic E-state index is 0.198. The second-order valence-electron chi connectivity index (χ2n) is 5.63. The van der Waals surface area contributed by atoms with Crippen molar-refractivity contribution < 1.29 is 19.4 Å². The van der Waals surface area contributed by atoms with Gasteiger partial charge < -0.3 is 20.5 Å². The Balaban J connectivity index is 2.69. The molecule has 0 saturated carbocycles. The number of nitrogens with zero attached hydrogens (tertiary/aromatic N) is 1. The molecule has 0 spiro atoms. The summed E-state index contributed by atoms with van der Waals surface area (Å²) in [6.45, 7) is 4.20. The van der Waals surface area contributed by atoms with Gasteiger partial charge in [0.15, 0.2) is 0 Å². The highest BCUT2D eigenvalue weighted by Crippen LogP contribution is 2.15. The van der Waals surface area contributed by atoms with Crippen molar-refractivity contribution in [1.29, 1.82) is 0 Å². The van der Waals surface area contributed by atoms with E-state index in [1.165, 1.54) is 4.90 Å². The predicted octanol–water partition coefficient (Wildman–Crippen LogP) is 2.70. The highest BCUT2D eigenvalue weighted by atomic mass is 35.5. The lowest BCUT2D eigenvalue weighted by atomic mass is 10.1. The molecule has 0 fully saturated rings. The molecule has 3 atom stereocenters. The van der Waals surface area contributed by atoms with E-state index in [0.717, 1.165) is 5.56 Å². The van der Waals surface area contributed by atoms with E-state index >= 15 is 0 Å². The zero-order valence-corrected chi connectivity index (χ0v) is 15.1. The molecule has 0 heterocycles. The summed E-state index contributed by atoms with van der Waals surface area (Å²) in [7, 11) is 0. The third-order valence-corrected chi connectivity index (χ3v) is 3.38. The number of carboxylic acid groups (broad SMARTS) is 1. The van der Waals surface area contributed by atoms with Gasteiger partial charge in [0.1, 0.15) is 11.8 Å². The van der Waals surface area contributed by atoms with Crippen LogP contribution in [-0.4, -0.2) is 52.0 Å². The van der Waals surface area contributed by atoms with Gasteiger partial charge >= 0.3 is 12.1 Å². The first-order valence-electron chi connectivity index (χ1n) is 7.51. The molecule has 0 saturated heterocycles. The molecule has 3 N–H and O–H groups in total. The molecule has 0 bridgehead atoms. The van der Waals surface area contributed by atoms with E-state index in [1.807, 2.05) is 0 Å². The van der Waals surface area contributed by atoms with E-state index in [4.69, 9.17) is 38.8 Å². The lowest BCUT2D eigenvalue weighted by Crippen LogP contribution is -2.40. The molecule has 1 aromatic rings. The van der Waals surface area contributed by atoms with Gasteiger partial charge in [-0.25, -0.2) is 4.79 Å². The molecule has 6 nitrogen and oxygen atoms in total. The Hall–Kier alpha value is -1.50. The van der Waals surface area contributed by atoms with Gasteiger partial charge in [-0.2, -0.15) is 0 Å². The van der Waals surface area contributed by atoms with Crippen LogP contribution in [0.2, 0.25) is 0 Å². The molecule has 0 unspecified atom stereocenters. The summed E-state index contributed by atoms with van der Waals surface area (Å²) < 4.78 is 5.31. The van der Waals surface area contributed by atoms with E-state index < -0.39 is 18.1 Å². The fraction of sp³-hybridized carbons (Fsp3) is 0.500. The zero-order valence-electron chi connectivity index (χ0n) is 13.6. The van der Waals surface area contributed by atoms with Crippen molar-refractivity contribution in [2.45, 2.75) is 37.1 Å². The third kappa shape index (κ3) is 7.38. The Morgan fingerprint density at radius 1 is 1.17 bits per heavy atom. The fourth-order valence-corrected chi connectivity index (χ4v) is 2.36. The van der Waals surface area contributed by atoms with Crippen LogP contribution in [0.25, 0.3) is 0 Å². The summed E-state index contributed by atoms with van der Waals surface area (Å²) in [5.41, 5.74) is 6.22. The first-order chi connectivity index (χ1) is 11.2. The molecule has 1 amide bonds. The Kier molecular flexibility index (Phi) is 8.31. The van der Waals surface area contributed by atoms with Gasteiger partial charge in [-0.1, -0.05) is 12.1 Å². The van der Waals surface area contributed by atoms with Crippen molar-refractivity contribution in [3.8, 4) is 5.75 Å². The van der Waals surface area contributed by atoms with Crippen LogP contribution in [0.5, 0.6) is 5.75 Å². The molecule has 0 aliphatic rings. The van der Waals surface area contributed by atoms with E-state index in [0.29, 0.717) is 18.8 Å². The second kappa shape index (κ2) is 9.71. The lowest BCUT2D eigenvalue weighted by molar-refractivity contribution is -0.138. The minimum Gasteiger partial charge on any atom is -0.480 e. The Bertz CT molecular complexity index is 540. The number of carboxylic acids is 1. The van der Waals surface area contributed by atoms with Gasteiger partial charge in [0, 0.05) is 23.8 Å². The van der Waals surface area contributed by atoms with Crippen LogP contribution < -0.4 is 10.5 Å². The molecule has 134 valence electrons. The first kappa shape index (κ1) is 20.5. The molecule has 1 rings (SSSR count). The Labute approximate surface area is 151 Å². The largest absolute Gasteiger partial charge is 0.480 e. The third-order valence-electron chi connectivity index (χ3n) is 3.10. The van der Waals surface area contributed by atoms with Crippen LogP contribution in [0.4, 0.5) is 4.79 Å². The number of aliphatic carboxylic acids is 1. The predicted molar refractivity (Wildman–Crippen MR) is 94.0 cm³/mol. The quantitative estimate of drug-likeness (QED) is 0.680. The number of carbonyl (C=O) groups excluding carboxylic acids is 1. The van der Waals surface area contributed by atoms with Crippen LogP contribution in [-0.2, 0) is 11.2 Å². The fourth-order valence-electron chi connectivity index (χ4n) is 2.03. The molecule has 8 heteroatoms. The summed E-state index contributed by atoms with van der Waals surface area (Å²) in [4.78, 5) is 24.4. The molecular weight excluding hydrogens is 355 g/mol. The number of hydrogen-bond donors (Lipinski definition) is 2. The summed E-state index contributed by atoms with van der Waals surface area (Å²) in [5, 5.41) is 8.34. The standard InChI is InChI=1S/C16H22Cl2N2O4/c1-10(17)8-20(9-11(2)18)16(23)24-13-5-3-12(4-6-13)7-14(19)15(21)22/h3-6,10-11,14H,7-9,19H2,1-2H3,(H,21,22)/t10-,11-,14-/m0/s1. The number of halogens is 2.